The third kappa shape index (κ3) is 2.89. The van der Waals surface area contributed by atoms with Crippen LogP contribution in [0.4, 0.5) is 0 Å². The molecule has 2 aromatic rings. The highest BCUT2D eigenvalue weighted by Gasteiger charge is 2.24. The van der Waals surface area contributed by atoms with Crippen molar-refractivity contribution in [2.75, 3.05) is 6.54 Å². The van der Waals surface area contributed by atoms with E-state index in [1.54, 1.807) is 29.2 Å². The molecule has 0 radical (unpaired) electrons. The minimum absolute atomic E-state index is 0.126. The zero-order valence-corrected chi connectivity index (χ0v) is 13.4. The minimum atomic E-state index is -1.22. The van der Waals surface area contributed by atoms with Gasteiger partial charge in [-0.15, -0.1) is 0 Å². The first kappa shape index (κ1) is 16.2. The van der Waals surface area contributed by atoms with Crippen LogP contribution in [0.25, 0.3) is 10.8 Å². The smallest absolute Gasteiger partial charge is 0.357 e. The van der Waals surface area contributed by atoms with E-state index in [0.29, 0.717) is 6.54 Å². The molecule has 7 heteroatoms. The number of carbonyl (C=O) groups is 2. The Bertz CT molecular complexity index is 859. The van der Waals surface area contributed by atoms with Gasteiger partial charge in [-0.2, -0.15) is 5.10 Å². The van der Waals surface area contributed by atoms with Crippen molar-refractivity contribution in [3.8, 4) is 0 Å². The molecule has 1 saturated heterocycles. The molecule has 126 valence electrons. The van der Waals surface area contributed by atoms with Gasteiger partial charge in [0, 0.05) is 18.0 Å². The molecule has 1 fully saturated rings. The van der Waals surface area contributed by atoms with Crippen molar-refractivity contribution in [3.63, 3.8) is 0 Å². The Labute approximate surface area is 138 Å². The van der Waals surface area contributed by atoms with Crippen molar-refractivity contribution >= 4 is 22.6 Å². The summed E-state index contributed by atoms with van der Waals surface area (Å²) in [5.41, 5.74) is -0.668. The van der Waals surface area contributed by atoms with Crippen LogP contribution in [0, 0.1) is 0 Å². The molecule has 1 aliphatic rings. The molecule has 1 amide bonds. The number of aromatic nitrogens is 2. The number of benzene rings is 1. The van der Waals surface area contributed by atoms with Crippen molar-refractivity contribution in [2.45, 2.75) is 38.8 Å². The number of rotatable bonds is 3. The van der Waals surface area contributed by atoms with Crippen LogP contribution in [-0.2, 0) is 11.3 Å². The standard InChI is InChI=1S/C17H19N3O4/c1-11-6-4-5-9-19(11)14(21)10-20-16(22)13-8-3-2-7-12(13)15(18-20)17(23)24/h2-3,7-8,11H,4-6,9-10H2,1H3,(H,23,24)/t11-/m0/s1. The van der Waals surface area contributed by atoms with Gasteiger partial charge in [-0.25, -0.2) is 9.48 Å². The summed E-state index contributed by atoms with van der Waals surface area (Å²) in [7, 11) is 0. The second kappa shape index (κ2) is 6.43. The Morgan fingerprint density at radius 3 is 2.62 bits per heavy atom. The highest BCUT2D eigenvalue weighted by atomic mass is 16.4. The molecule has 7 nitrogen and oxygen atoms in total. The summed E-state index contributed by atoms with van der Waals surface area (Å²) in [6.45, 7) is 2.40. The molecule has 1 aliphatic heterocycles. The lowest BCUT2D eigenvalue weighted by atomic mass is 10.0. The Morgan fingerprint density at radius 2 is 1.96 bits per heavy atom. The number of likely N-dealkylation sites (tertiary alicyclic amines) is 1. The number of carbonyl (C=O) groups excluding carboxylic acids is 1. The van der Waals surface area contributed by atoms with Gasteiger partial charge in [0.25, 0.3) is 5.56 Å². The predicted molar refractivity (Wildman–Crippen MR) is 88.0 cm³/mol. The number of carboxylic acids is 1. The summed E-state index contributed by atoms with van der Waals surface area (Å²) < 4.78 is 0.968. The molecule has 1 aromatic heterocycles. The molecule has 0 saturated carbocycles. The average Bonchev–Trinajstić information content (AvgIpc) is 2.57. The van der Waals surface area contributed by atoms with E-state index >= 15 is 0 Å². The number of amides is 1. The van der Waals surface area contributed by atoms with Crippen LogP contribution in [-0.4, -0.2) is 44.3 Å². The van der Waals surface area contributed by atoms with Gasteiger partial charge < -0.3 is 10.0 Å². The van der Waals surface area contributed by atoms with E-state index < -0.39 is 11.5 Å². The fourth-order valence-corrected chi connectivity index (χ4v) is 3.19. The number of aromatic carboxylic acids is 1. The number of hydrogen-bond donors (Lipinski definition) is 1. The molecule has 0 unspecified atom stereocenters. The lowest BCUT2D eigenvalue weighted by molar-refractivity contribution is -0.135. The molecular weight excluding hydrogens is 310 g/mol. The third-order valence-electron chi connectivity index (χ3n) is 4.48. The van der Waals surface area contributed by atoms with Crippen LogP contribution in [0.3, 0.4) is 0 Å². The SMILES string of the molecule is C[C@H]1CCCCN1C(=O)Cn1nc(C(=O)O)c2ccccc2c1=O. The van der Waals surface area contributed by atoms with Crippen LogP contribution in [0.1, 0.15) is 36.7 Å². The first-order valence-corrected chi connectivity index (χ1v) is 8.01. The van der Waals surface area contributed by atoms with Crippen LogP contribution in [0.15, 0.2) is 29.1 Å². The second-order valence-electron chi connectivity index (χ2n) is 6.09. The lowest BCUT2D eigenvalue weighted by Gasteiger charge is -2.33. The summed E-state index contributed by atoms with van der Waals surface area (Å²) in [6.07, 6.45) is 2.96. The maximum atomic E-state index is 12.5. The molecule has 0 aliphatic carbocycles. The quantitative estimate of drug-likeness (QED) is 0.921. The first-order valence-electron chi connectivity index (χ1n) is 8.01. The van der Waals surface area contributed by atoms with E-state index in [4.69, 9.17) is 0 Å². The topological polar surface area (TPSA) is 92.5 Å². The second-order valence-corrected chi connectivity index (χ2v) is 6.09. The minimum Gasteiger partial charge on any atom is -0.476 e. The zero-order chi connectivity index (χ0) is 17.3. The maximum Gasteiger partial charge on any atom is 0.357 e. The fourth-order valence-electron chi connectivity index (χ4n) is 3.19. The van der Waals surface area contributed by atoms with E-state index in [-0.39, 0.29) is 35.0 Å². The molecule has 3 rings (SSSR count). The lowest BCUT2D eigenvalue weighted by Crippen LogP contribution is -2.45. The van der Waals surface area contributed by atoms with Crippen molar-refractivity contribution < 1.29 is 14.7 Å². The predicted octanol–water partition coefficient (Wildman–Crippen LogP) is 1.50. The van der Waals surface area contributed by atoms with Gasteiger partial charge >= 0.3 is 5.97 Å². The highest BCUT2D eigenvalue weighted by Crippen LogP contribution is 2.17. The van der Waals surface area contributed by atoms with E-state index in [0.717, 1.165) is 23.9 Å². The highest BCUT2D eigenvalue weighted by molar-refractivity contribution is 6.01. The molecule has 1 atom stereocenters. The number of hydrogen-bond acceptors (Lipinski definition) is 4. The Morgan fingerprint density at radius 1 is 1.25 bits per heavy atom. The van der Waals surface area contributed by atoms with E-state index in [1.165, 1.54) is 0 Å². The molecule has 1 N–H and O–H groups in total. The van der Waals surface area contributed by atoms with Crippen LogP contribution in [0.5, 0.6) is 0 Å². The van der Waals surface area contributed by atoms with Gasteiger partial charge in [-0.1, -0.05) is 18.2 Å². The zero-order valence-electron chi connectivity index (χ0n) is 13.4. The van der Waals surface area contributed by atoms with Crippen molar-refractivity contribution in [1.82, 2.24) is 14.7 Å². The normalized spacial score (nSPS) is 17.9. The van der Waals surface area contributed by atoms with E-state index in [2.05, 4.69) is 5.10 Å². The van der Waals surface area contributed by atoms with Crippen LogP contribution in [0.2, 0.25) is 0 Å². The summed E-state index contributed by atoms with van der Waals surface area (Å²) in [5.74, 6) is -1.43. The Kier molecular flexibility index (Phi) is 4.33. The van der Waals surface area contributed by atoms with E-state index in [1.807, 2.05) is 6.92 Å². The number of piperidine rings is 1. The molecule has 2 heterocycles. The summed E-state index contributed by atoms with van der Waals surface area (Å²) in [5, 5.41) is 13.8. The van der Waals surface area contributed by atoms with Gasteiger partial charge in [0.1, 0.15) is 6.54 Å². The summed E-state index contributed by atoms with van der Waals surface area (Å²) in [6, 6.07) is 6.54. The maximum absolute atomic E-state index is 12.5. The molecule has 0 bridgehead atoms. The molecular formula is C17H19N3O4. The van der Waals surface area contributed by atoms with Crippen molar-refractivity contribution in [2.24, 2.45) is 0 Å². The summed E-state index contributed by atoms with van der Waals surface area (Å²) in [4.78, 5) is 38.3. The van der Waals surface area contributed by atoms with Crippen LogP contribution < -0.4 is 5.56 Å². The average molecular weight is 329 g/mol. The van der Waals surface area contributed by atoms with Gasteiger partial charge in [-0.3, -0.25) is 9.59 Å². The fraction of sp³-hybridized carbons (Fsp3) is 0.412. The first-order chi connectivity index (χ1) is 11.5. The Balaban J connectivity index is 2.00. The third-order valence-corrected chi connectivity index (χ3v) is 4.48. The van der Waals surface area contributed by atoms with Gasteiger partial charge in [0.15, 0.2) is 5.69 Å². The van der Waals surface area contributed by atoms with Crippen molar-refractivity contribution in [1.29, 1.82) is 0 Å². The molecule has 24 heavy (non-hydrogen) atoms. The number of nitrogens with zero attached hydrogens (tertiary/aromatic N) is 3. The molecule has 1 aromatic carbocycles. The van der Waals surface area contributed by atoms with Gasteiger partial charge in [-0.05, 0) is 32.3 Å². The van der Waals surface area contributed by atoms with Crippen LogP contribution >= 0.6 is 0 Å². The van der Waals surface area contributed by atoms with E-state index in [9.17, 15) is 19.5 Å². The largest absolute Gasteiger partial charge is 0.476 e. The Hall–Kier alpha value is -2.70. The van der Waals surface area contributed by atoms with Crippen molar-refractivity contribution in [3.05, 3.63) is 40.3 Å². The number of fused-ring (bicyclic) bond motifs is 1. The number of carboxylic acid groups (broad SMARTS) is 1. The molecule has 0 spiro atoms. The van der Waals surface area contributed by atoms with Gasteiger partial charge in [0.2, 0.25) is 5.91 Å². The van der Waals surface area contributed by atoms with Gasteiger partial charge in [0.05, 0.1) is 5.39 Å². The summed E-state index contributed by atoms with van der Waals surface area (Å²) >= 11 is 0. The monoisotopic (exact) mass is 329 g/mol.